The van der Waals surface area contributed by atoms with Crippen molar-refractivity contribution in [3.8, 4) is 0 Å². The molecule has 0 heterocycles. The highest BCUT2D eigenvalue weighted by Gasteiger charge is 1.99. The molecule has 0 aromatic rings. The quantitative estimate of drug-likeness (QED) is 0.421. The van der Waals surface area contributed by atoms with Crippen molar-refractivity contribution < 1.29 is 0 Å². The zero-order valence-corrected chi connectivity index (χ0v) is 3.31. The van der Waals surface area contributed by atoms with Gasteiger partial charge in [0.25, 0.3) is 0 Å². The molecule has 1 aliphatic rings. The molecule has 4 N–H and O–H groups in total. The molecule has 0 aromatic heterocycles. The van der Waals surface area contributed by atoms with Crippen molar-refractivity contribution in [1.29, 1.82) is 0 Å². The van der Waals surface area contributed by atoms with E-state index in [0.29, 0.717) is 5.82 Å². The van der Waals surface area contributed by atoms with E-state index in [1.165, 1.54) is 0 Å². The molecule has 2 heteroatoms. The summed E-state index contributed by atoms with van der Waals surface area (Å²) in [6.07, 6.45) is 3.74. The highest BCUT2D eigenvalue weighted by atomic mass is 14.8. The lowest BCUT2D eigenvalue weighted by Gasteiger charge is -1.80. The molecule has 0 saturated carbocycles. The minimum atomic E-state index is 0.426. The van der Waals surface area contributed by atoms with Gasteiger partial charge < -0.3 is 11.5 Å². The maximum atomic E-state index is 5.09. The van der Waals surface area contributed by atoms with E-state index in [2.05, 4.69) is 0 Å². The van der Waals surface area contributed by atoms with Crippen LogP contribution in [0.3, 0.4) is 0 Å². The van der Waals surface area contributed by atoms with Crippen molar-refractivity contribution >= 4 is 0 Å². The molecule has 6 heavy (non-hydrogen) atoms. The van der Waals surface area contributed by atoms with Crippen LogP contribution < -0.4 is 11.5 Å². The number of hydrogen-bond donors (Lipinski definition) is 2. The molecule has 2 nitrogen and oxygen atoms in total. The molecule has 32 valence electrons. The third-order valence-corrected chi connectivity index (χ3v) is 0.667. The standard InChI is InChI=1S/C4H6N2/c5-4(6)3-1-2-3/h1-2H,5-6H2. The van der Waals surface area contributed by atoms with Crippen molar-refractivity contribution in [3.05, 3.63) is 23.5 Å². The smallest absolute Gasteiger partial charge is 0.101 e. The van der Waals surface area contributed by atoms with Crippen molar-refractivity contribution in [3.63, 3.8) is 0 Å². The van der Waals surface area contributed by atoms with E-state index < -0.39 is 0 Å². The largest absolute Gasteiger partial charge is 0.385 e. The lowest BCUT2D eigenvalue weighted by molar-refractivity contribution is 1.24. The highest BCUT2D eigenvalue weighted by Crippen LogP contribution is 2.12. The molecule has 0 amide bonds. The Hall–Kier alpha value is -0.920. The van der Waals surface area contributed by atoms with Crippen LogP contribution >= 0.6 is 0 Å². The van der Waals surface area contributed by atoms with Gasteiger partial charge in [-0.15, -0.1) is 0 Å². The molecule has 0 bridgehead atoms. The van der Waals surface area contributed by atoms with Crippen LogP contribution in [0.5, 0.6) is 0 Å². The zero-order chi connectivity index (χ0) is 4.57. The maximum absolute atomic E-state index is 5.09. The van der Waals surface area contributed by atoms with Crippen molar-refractivity contribution in [2.75, 3.05) is 0 Å². The van der Waals surface area contributed by atoms with E-state index in [9.17, 15) is 0 Å². The second kappa shape index (κ2) is 0.772. The lowest BCUT2D eigenvalue weighted by Crippen LogP contribution is -2.07. The molecule has 0 saturated heterocycles. The predicted molar refractivity (Wildman–Crippen MR) is 24.5 cm³/mol. The van der Waals surface area contributed by atoms with Gasteiger partial charge in [-0.2, -0.15) is 0 Å². The van der Waals surface area contributed by atoms with Crippen LogP contribution in [0.25, 0.3) is 0 Å². The molecular formula is C4H6N2. The second-order valence-electron chi connectivity index (χ2n) is 1.24. The Morgan fingerprint density at radius 3 is 1.83 bits per heavy atom. The van der Waals surface area contributed by atoms with E-state index in [4.69, 9.17) is 11.5 Å². The third-order valence-electron chi connectivity index (χ3n) is 0.667. The van der Waals surface area contributed by atoms with Gasteiger partial charge in [-0.05, 0) is 0 Å². The Kier molecular flexibility index (Phi) is 0.422. The molecular weight excluding hydrogens is 76.1 g/mol. The van der Waals surface area contributed by atoms with Crippen molar-refractivity contribution in [2.45, 2.75) is 0 Å². The first-order valence-electron chi connectivity index (χ1n) is 1.74. The first-order chi connectivity index (χ1) is 2.80. The number of nitrogens with two attached hydrogens (primary N) is 2. The molecule has 0 unspecified atom stereocenters. The van der Waals surface area contributed by atoms with E-state index in [1.807, 2.05) is 12.2 Å². The van der Waals surface area contributed by atoms with Crippen LogP contribution in [0, 0.1) is 0 Å². The summed E-state index contributed by atoms with van der Waals surface area (Å²) in [5.74, 6) is 0.426. The SMILES string of the molecule is NC(N)=C1C=C1. The molecule has 0 aliphatic heterocycles. The summed E-state index contributed by atoms with van der Waals surface area (Å²) in [6, 6.07) is 0. The maximum Gasteiger partial charge on any atom is 0.101 e. The summed E-state index contributed by atoms with van der Waals surface area (Å²) >= 11 is 0. The van der Waals surface area contributed by atoms with Crippen LogP contribution in [0.2, 0.25) is 0 Å². The first-order valence-corrected chi connectivity index (χ1v) is 1.74. The van der Waals surface area contributed by atoms with E-state index in [-0.39, 0.29) is 0 Å². The highest BCUT2D eigenvalue weighted by molar-refractivity contribution is 5.48. The molecule has 0 fully saturated rings. The van der Waals surface area contributed by atoms with Gasteiger partial charge in [-0.1, -0.05) is 12.2 Å². The number of hydrogen-bond acceptors (Lipinski definition) is 2. The van der Waals surface area contributed by atoms with E-state index in [0.717, 1.165) is 5.57 Å². The number of allylic oxidation sites excluding steroid dienone is 3. The summed E-state index contributed by atoms with van der Waals surface area (Å²) in [7, 11) is 0. The predicted octanol–water partition coefficient (Wildman–Crippen LogP) is -0.315. The van der Waals surface area contributed by atoms with Gasteiger partial charge >= 0.3 is 0 Å². The van der Waals surface area contributed by atoms with Crippen LogP contribution in [-0.4, -0.2) is 0 Å². The van der Waals surface area contributed by atoms with Gasteiger partial charge in [0.1, 0.15) is 5.82 Å². The molecule has 0 atom stereocenters. The van der Waals surface area contributed by atoms with Crippen LogP contribution in [-0.2, 0) is 0 Å². The lowest BCUT2D eigenvalue weighted by atomic mass is 10.5. The molecule has 1 rings (SSSR count). The molecule has 0 radical (unpaired) electrons. The number of rotatable bonds is 0. The minimum absolute atomic E-state index is 0.426. The minimum Gasteiger partial charge on any atom is -0.385 e. The topological polar surface area (TPSA) is 52.0 Å². The monoisotopic (exact) mass is 82.1 g/mol. The first kappa shape index (κ1) is 3.28. The zero-order valence-electron chi connectivity index (χ0n) is 3.31. The molecule has 0 spiro atoms. The van der Waals surface area contributed by atoms with Gasteiger partial charge in [-0.25, -0.2) is 0 Å². The third kappa shape index (κ3) is 0.360. The second-order valence-corrected chi connectivity index (χ2v) is 1.24. The molecule has 0 aromatic carbocycles. The fourth-order valence-corrected chi connectivity index (χ4v) is 0.234. The molecule has 1 aliphatic carbocycles. The van der Waals surface area contributed by atoms with Gasteiger partial charge in [0.2, 0.25) is 0 Å². The van der Waals surface area contributed by atoms with Gasteiger partial charge in [0.05, 0.1) is 0 Å². The van der Waals surface area contributed by atoms with E-state index >= 15 is 0 Å². The van der Waals surface area contributed by atoms with E-state index in [1.54, 1.807) is 0 Å². The Morgan fingerprint density at radius 2 is 1.83 bits per heavy atom. The van der Waals surface area contributed by atoms with Gasteiger partial charge in [0.15, 0.2) is 0 Å². The fraction of sp³-hybridized carbons (Fsp3) is 0. The van der Waals surface area contributed by atoms with Crippen LogP contribution in [0.1, 0.15) is 0 Å². The van der Waals surface area contributed by atoms with Gasteiger partial charge in [-0.3, -0.25) is 0 Å². The average Bonchev–Trinajstić information content (AvgIpc) is 2.06. The summed E-state index contributed by atoms with van der Waals surface area (Å²) < 4.78 is 0. The normalized spacial score (nSPS) is 15.0. The van der Waals surface area contributed by atoms with Crippen LogP contribution in [0.15, 0.2) is 23.5 Å². The summed E-state index contributed by atoms with van der Waals surface area (Å²) in [4.78, 5) is 0. The summed E-state index contributed by atoms with van der Waals surface area (Å²) in [5, 5.41) is 0. The Labute approximate surface area is 36.1 Å². The summed E-state index contributed by atoms with van der Waals surface area (Å²) in [5.41, 5.74) is 11.2. The Bertz CT molecular complexity index is 110. The Morgan fingerprint density at radius 1 is 1.33 bits per heavy atom. The average molecular weight is 82.1 g/mol. The summed E-state index contributed by atoms with van der Waals surface area (Å²) in [6.45, 7) is 0. The van der Waals surface area contributed by atoms with Gasteiger partial charge in [0, 0.05) is 5.57 Å². The fourth-order valence-electron chi connectivity index (χ4n) is 0.234. The van der Waals surface area contributed by atoms with Crippen molar-refractivity contribution in [1.82, 2.24) is 0 Å². The Balaban J connectivity index is 2.66. The van der Waals surface area contributed by atoms with Crippen molar-refractivity contribution in [2.24, 2.45) is 11.5 Å². The van der Waals surface area contributed by atoms with Crippen LogP contribution in [0.4, 0.5) is 0 Å².